The average molecular weight is 519 g/mol. The molecular weight excluding hydrogens is 497 g/mol. The number of hydrogen-bond donors (Lipinski definition) is 1. The number of benzene rings is 2. The lowest BCUT2D eigenvalue weighted by Crippen LogP contribution is -2.21. The number of hydrogen-bond acceptors (Lipinski definition) is 8. The Kier molecular flexibility index (Phi) is 7.76. The number of amides is 1. The Bertz CT molecular complexity index is 1590. The van der Waals surface area contributed by atoms with Crippen molar-refractivity contribution in [2.24, 2.45) is 0 Å². The highest BCUT2D eigenvalue weighted by molar-refractivity contribution is 5.97. The largest absolute Gasteiger partial charge is 0.450 e. The lowest BCUT2D eigenvalue weighted by Gasteiger charge is -2.18. The van der Waals surface area contributed by atoms with Crippen LogP contribution in [0.3, 0.4) is 0 Å². The number of carbonyl (C=O) groups is 3. The Labute approximate surface area is 215 Å². The zero-order valence-corrected chi connectivity index (χ0v) is 20.4. The van der Waals surface area contributed by atoms with E-state index < -0.39 is 29.4 Å². The molecule has 4 rings (SSSR count). The van der Waals surface area contributed by atoms with Crippen LogP contribution in [-0.4, -0.2) is 40.9 Å². The predicted molar refractivity (Wildman–Crippen MR) is 136 cm³/mol. The average Bonchev–Trinajstić information content (AvgIpc) is 2.89. The third-order valence-corrected chi connectivity index (χ3v) is 5.31. The quantitative estimate of drug-likeness (QED) is 0.279. The second-order valence-corrected chi connectivity index (χ2v) is 7.77. The summed E-state index contributed by atoms with van der Waals surface area (Å²) in [4.78, 5) is 54.7. The van der Waals surface area contributed by atoms with Crippen LogP contribution < -0.4 is 15.5 Å². The smallest absolute Gasteiger partial charge is 0.418 e. The predicted octanol–water partition coefficient (Wildman–Crippen LogP) is 4.99. The highest BCUT2D eigenvalue weighted by Gasteiger charge is 2.22. The second-order valence-electron chi connectivity index (χ2n) is 7.77. The molecule has 1 N–H and O–H groups in total. The molecule has 0 fully saturated rings. The van der Waals surface area contributed by atoms with Crippen LogP contribution in [0.15, 0.2) is 71.8 Å². The maximum Gasteiger partial charge on any atom is 0.418 e. The minimum Gasteiger partial charge on any atom is -0.450 e. The van der Waals surface area contributed by atoms with E-state index in [-0.39, 0.29) is 52.4 Å². The molecular formula is C27H22FN3O7. The first-order valence-corrected chi connectivity index (χ1v) is 11.5. The number of esters is 1. The molecule has 0 aliphatic carbocycles. The first kappa shape index (κ1) is 26.0. The lowest BCUT2D eigenvalue weighted by atomic mass is 10.1. The number of aromatic nitrogens is 2. The van der Waals surface area contributed by atoms with Crippen LogP contribution in [0.2, 0.25) is 0 Å². The van der Waals surface area contributed by atoms with Crippen molar-refractivity contribution in [1.82, 2.24) is 9.55 Å². The maximum absolute atomic E-state index is 14.2. The Morgan fingerprint density at radius 1 is 1.00 bits per heavy atom. The van der Waals surface area contributed by atoms with Gasteiger partial charge >= 0.3 is 18.2 Å². The van der Waals surface area contributed by atoms with Gasteiger partial charge in [-0.1, -0.05) is 0 Å². The summed E-state index contributed by atoms with van der Waals surface area (Å²) in [6.07, 6.45) is 1.14. The van der Waals surface area contributed by atoms with Gasteiger partial charge in [0.2, 0.25) is 0 Å². The van der Waals surface area contributed by atoms with E-state index in [1.54, 1.807) is 19.9 Å². The molecule has 0 radical (unpaired) electrons. The summed E-state index contributed by atoms with van der Waals surface area (Å²) in [6, 6.07) is 11.9. The molecule has 2 aromatic carbocycles. The third-order valence-electron chi connectivity index (χ3n) is 5.31. The number of rotatable bonds is 6. The van der Waals surface area contributed by atoms with Gasteiger partial charge in [-0.25, -0.2) is 23.3 Å². The molecule has 4 aromatic rings. The molecule has 10 nitrogen and oxygen atoms in total. The van der Waals surface area contributed by atoms with E-state index in [2.05, 4.69) is 10.3 Å². The maximum atomic E-state index is 14.2. The zero-order valence-electron chi connectivity index (χ0n) is 20.4. The summed E-state index contributed by atoms with van der Waals surface area (Å²) < 4.78 is 30.8. The topological polar surface area (TPSA) is 126 Å². The van der Waals surface area contributed by atoms with E-state index >= 15 is 0 Å². The van der Waals surface area contributed by atoms with Gasteiger partial charge in [0.05, 0.1) is 35.7 Å². The van der Waals surface area contributed by atoms with E-state index in [4.69, 9.17) is 14.2 Å². The van der Waals surface area contributed by atoms with Crippen LogP contribution in [-0.2, 0) is 9.47 Å². The highest BCUT2D eigenvalue weighted by Crippen LogP contribution is 2.33. The Morgan fingerprint density at radius 3 is 2.50 bits per heavy atom. The van der Waals surface area contributed by atoms with Crippen LogP contribution in [0.1, 0.15) is 24.2 Å². The van der Waals surface area contributed by atoms with Crippen molar-refractivity contribution in [2.45, 2.75) is 13.8 Å². The van der Waals surface area contributed by atoms with Gasteiger partial charge in [-0.2, -0.15) is 0 Å². The number of ether oxygens (including phenoxy) is 3. The standard InChI is InChI=1S/C27H22FN3O7/c1-3-36-26(34)30-21-13-18(38-25(33)16-6-5-11-29-15-16)8-10-19(21)23-14-24(32)20-9-7-17(28)12-22(20)31(23)27(35)37-4-2/h5-15H,3-4H2,1-2H3,(H,30,34). The van der Waals surface area contributed by atoms with Gasteiger partial charge in [-0.05, 0) is 56.3 Å². The highest BCUT2D eigenvalue weighted by atomic mass is 19.1. The molecule has 0 aliphatic rings. The molecule has 1 amide bonds. The molecule has 38 heavy (non-hydrogen) atoms. The molecule has 0 saturated carbocycles. The second kappa shape index (κ2) is 11.3. The summed E-state index contributed by atoms with van der Waals surface area (Å²) in [5.41, 5.74) is -0.0961. The fourth-order valence-electron chi connectivity index (χ4n) is 3.72. The number of fused-ring (bicyclic) bond motifs is 1. The van der Waals surface area contributed by atoms with E-state index in [1.807, 2.05) is 0 Å². The summed E-state index contributed by atoms with van der Waals surface area (Å²) in [6.45, 7) is 3.29. The van der Waals surface area contributed by atoms with Crippen LogP contribution in [0.25, 0.3) is 22.2 Å². The van der Waals surface area contributed by atoms with Crippen molar-refractivity contribution in [3.8, 4) is 17.0 Å². The van der Waals surface area contributed by atoms with E-state index in [1.165, 1.54) is 48.8 Å². The van der Waals surface area contributed by atoms with Gasteiger partial charge in [-0.3, -0.25) is 15.1 Å². The van der Waals surface area contributed by atoms with Crippen molar-refractivity contribution in [3.05, 3.63) is 88.6 Å². The molecule has 0 atom stereocenters. The molecule has 0 aliphatic heterocycles. The lowest BCUT2D eigenvalue weighted by molar-refractivity contribution is 0.0734. The third kappa shape index (κ3) is 5.51. The Hall–Kier alpha value is -5.06. The number of halogens is 1. The number of anilines is 1. The van der Waals surface area contributed by atoms with Crippen LogP contribution in [0.4, 0.5) is 19.7 Å². The molecule has 0 saturated heterocycles. The minimum absolute atomic E-state index is 0.00323. The number of carbonyl (C=O) groups excluding carboxylic acids is 3. The molecule has 2 aromatic heterocycles. The number of pyridine rings is 2. The van der Waals surface area contributed by atoms with Gasteiger partial charge in [0.25, 0.3) is 0 Å². The van der Waals surface area contributed by atoms with Gasteiger partial charge in [0, 0.05) is 35.5 Å². The SMILES string of the molecule is CCOC(=O)Nc1cc(OC(=O)c2cccnc2)ccc1-c1cc(=O)c2ccc(F)cc2n1C(=O)OCC. The first-order valence-electron chi connectivity index (χ1n) is 11.5. The zero-order chi connectivity index (χ0) is 27.2. The van der Waals surface area contributed by atoms with Crippen molar-refractivity contribution in [2.75, 3.05) is 18.5 Å². The molecule has 0 bridgehead atoms. The van der Waals surface area contributed by atoms with Crippen LogP contribution in [0.5, 0.6) is 5.75 Å². The van der Waals surface area contributed by atoms with E-state index in [9.17, 15) is 23.6 Å². The fourth-order valence-corrected chi connectivity index (χ4v) is 3.72. The van der Waals surface area contributed by atoms with Crippen molar-refractivity contribution in [3.63, 3.8) is 0 Å². The van der Waals surface area contributed by atoms with E-state index in [0.717, 1.165) is 16.7 Å². The summed E-state index contributed by atoms with van der Waals surface area (Å²) in [5.74, 6) is -1.32. The van der Waals surface area contributed by atoms with Gasteiger partial charge in [0.1, 0.15) is 11.6 Å². The van der Waals surface area contributed by atoms with Crippen LogP contribution in [0, 0.1) is 5.82 Å². The minimum atomic E-state index is -0.868. The van der Waals surface area contributed by atoms with Gasteiger partial charge in [-0.15, -0.1) is 0 Å². The molecule has 0 unspecified atom stereocenters. The Balaban J connectivity index is 1.90. The normalized spacial score (nSPS) is 10.6. The summed E-state index contributed by atoms with van der Waals surface area (Å²) >= 11 is 0. The molecule has 11 heteroatoms. The Morgan fingerprint density at radius 2 is 1.79 bits per heavy atom. The van der Waals surface area contributed by atoms with Gasteiger partial charge < -0.3 is 14.2 Å². The number of nitrogens with one attached hydrogen (secondary N) is 1. The van der Waals surface area contributed by atoms with Crippen molar-refractivity contribution < 1.29 is 33.0 Å². The van der Waals surface area contributed by atoms with Crippen molar-refractivity contribution >= 4 is 34.7 Å². The fraction of sp³-hybridized carbons (Fsp3) is 0.148. The first-order chi connectivity index (χ1) is 18.3. The van der Waals surface area contributed by atoms with Crippen LogP contribution >= 0.6 is 0 Å². The molecule has 2 heterocycles. The number of nitrogens with zero attached hydrogens (tertiary/aromatic N) is 2. The summed E-state index contributed by atoms with van der Waals surface area (Å²) in [7, 11) is 0. The molecule has 0 spiro atoms. The van der Waals surface area contributed by atoms with E-state index in [0.29, 0.717) is 0 Å². The molecule has 194 valence electrons. The monoisotopic (exact) mass is 519 g/mol. The summed E-state index contributed by atoms with van der Waals surface area (Å²) in [5, 5.41) is 2.62. The van der Waals surface area contributed by atoms with Crippen molar-refractivity contribution in [1.29, 1.82) is 0 Å². The van der Waals surface area contributed by atoms with Gasteiger partial charge in [0.15, 0.2) is 5.43 Å².